The van der Waals surface area contributed by atoms with E-state index in [1.807, 2.05) is 12.1 Å². The molecule has 1 aromatic heterocycles. The molecular formula is C22H25N5O3S. The van der Waals surface area contributed by atoms with Crippen molar-refractivity contribution in [1.82, 2.24) is 19.5 Å². The molecule has 2 aromatic carbocycles. The number of rotatable bonds is 6. The number of amides is 1. The van der Waals surface area contributed by atoms with Crippen molar-refractivity contribution in [2.75, 3.05) is 19.4 Å². The van der Waals surface area contributed by atoms with Gasteiger partial charge < -0.3 is 5.32 Å². The molecular weight excluding hydrogens is 414 g/mol. The van der Waals surface area contributed by atoms with Crippen molar-refractivity contribution in [3.05, 3.63) is 58.9 Å². The molecule has 0 atom stereocenters. The standard InChI is InChI=1S/C22H25N5O3S/c1-13-11-17(12-19(14(13)2)31(29,30)27(3)4)22(28)23-18-9-7-16(8-10-18)21-24-20(25-26-21)15-5-6-15/h7-12,15H,5-6H2,1-4H3,(H,23,28)(H,24,25,26). The Hall–Kier alpha value is -3.04. The summed E-state index contributed by atoms with van der Waals surface area (Å²) in [6.07, 6.45) is 2.30. The zero-order valence-corrected chi connectivity index (χ0v) is 18.7. The lowest BCUT2D eigenvalue weighted by Gasteiger charge is -2.16. The summed E-state index contributed by atoms with van der Waals surface area (Å²) >= 11 is 0. The Morgan fingerprint density at radius 2 is 1.81 bits per heavy atom. The Labute approximate surface area is 181 Å². The molecule has 4 rings (SSSR count). The van der Waals surface area contributed by atoms with Gasteiger partial charge in [-0.2, -0.15) is 5.10 Å². The summed E-state index contributed by atoms with van der Waals surface area (Å²) in [5, 5.41) is 10.1. The van der Waals surface area contributed by atoms with E-state index in [9.17, 15) is 13.2 Å². The molecule has 1 aliphatic carbocycles. The zero-order chi connectivity index (χ0) is 22.3. The van der Waals surface area contributed by atoms with Crippen molar-refractivity contribution in [2.24, 2.45) is 0 Å². The number of aromatic amines is 1. The van der Waals surface area contributed by atoms with Gasteiger partial charge in [-0.25, -0.2) is 17.7 Å². The first kappa shape index (κ1) is 21.2. The number of aromatic nitrogens is 3. The molecule has 0 unspecified atom stereocenters. The van der Waals surface area contributed by atoms with E-state index < -0.39 is 10.0 Å². The second kappa shape index (κ2) is 7.90. The van der Waals surface area contributed by atoms with E-state index in [1.54, 1.807) is 32.0 Å². The fourth-order valence-corrected chi connectivity index (χ4v) is 4.49. The van der Waals surface area contributed by atoms with Crippen LogP contribution in [0.2, 0.25) is 0 Å². The van der Waals surface area contributed by atoms with Crippen molar-refractivity contribution in [3.8, 4) is 11.4 Å². The molecule has 2 N–H and O–H groups in total. The summed E-state index contributed by atoms with van der Waals surface area (Å²) in [6, 6.07) is 10.4. The molecule has 0 aliphatic heterocycles. The second-order valence-corrected chi connectivity index (χ2v) is 10.2. The van der Waals surface area contributed by atoms with Crippen LogP contribution in [0.1, 0.15) is 46.1 Å². The molecule has 1 heterocycles. The number of sulfonamides is 1. The normalized spacial score (nSPS) is 14.1. The van der Waals surface area contributed by atoms with Gasteiger partial charge in [-0.05, 0) is 74.2 Å². The van der Waals surface area contributed by atoms with E-state index in [2.05, 4.69) is 20.5 Å². The predicted octanol–water partition coefficient (Wildman–Crippen LogP) is 3.47. The lowest BCUT2D eigenvalue weighted by Crippen LogP contribution is -2.24. The Balaban J connectivity index is 1.54. The molecule has 1 amide bonds. The van der Waals surface area contributed by atoms with Gasteiger partial charge in [0.2, 0.25) is 10.0 Å². The van der Waals surface area contributed by atoms with Crippen LogP contribution in [-0.4, -0.2) is 47.9 Å². The minimum absolute atomic E-state index is 0.133. The number of carbonyl (C=O) groups is 1. The third kappa shape index (κ3) is 4.24. The molecule has 1 fully saturated rings. The summed E-state index contributed by atoms with van der Waals surface area (Å²) in [5.74, 6) is 1.68. The quantitative estimate of drug-likeness (QED) is 0.611. The maximum atomic E-state index is 12.8. The van der Waals surface area contributed by atoms with Crippen molar-refractivity contribution < 1.29 is 13.2 Å². The molecule has 3 aromatic rings. The number of nitrogens with one attached hydrogen (secondary N) is 2. The predicted molar refractivity (Wildman–Crippen MR) is 119 cm³/mol. The summed E-state index contributed by atoms with van der Waals surface area (Å²) in [5.41, 5.74) is 3.11. The number of hydrogen-bond donors (Lipinski definition) is 2. The number of hydrogen-bond acceptors (Lipinski definition) is 5. The van der Waals surface area contributed by atoms with Crippen molar-refractivity contribution in [3.63, 3.8) is 0 Å². The Kier molecular flexibility index (Phi) is 5.40. The molecule has 0 bridgehead atoms. The van der Waals surface area contributed by atoms with E-state index in [1.165, 1.54) is 20.2 Å². The number of benzene rings is 2. The first-order valence-corrected chi connectivity index (χ1v) is 11.5. The third-order valence-corrected chi connectivity index (χ3v) is 7.45. The highest BCUT2D eigenvalue weighted by atomic mass is 32.2. The Bertz CT molecular complexity index is 1240. The average molecular weight is 440 g/mol. The smallest absolute Gasteiger partial charge is 0.255 e. The topological polar surface area (TPSA) is 108 Å². The third-order valence-electron chi connectivity index (χ3n) is 5.51. The van der Waals surface area contributed by atoms with Crippen molar-refractivity contribution in [1.29, 1.82) is 0 Å². The summed E-state index contributed by atoms with van der Waals surface area (Å²) in [7, 11) is -0.714. The van der Waals surface area contributed by atoms with Gasteiger partial charge in [-0.3, -0.25) is 9.89 Å². The summed E-state index contributed by atoms with van der Waals surface area (Å²) < 4.78 is 26.4. The van der Waals surface area contributed by atoms with Crippen LogP contribution in [0.5, 0.6) is 0 Å². The SMILES string of the molecule is Cc1cc(C(=O)Nc2ccc(-c3n[nH]c(C4CC4)n3)cc2)cc(S(=O)(=O)N(C)C)c1C. The monoisotopic (exact) mass is 439 g/mol. The largest absolute Gasteiger partial charge is 0.322 e. The minimum atomic E-state index is -3.66. The highest BCUT2D eigenvalue weighted by molar-refractivity contribution is 7.89. The lowest BCUT2D eigenvalue weighted by atomic mass is 10.1. The Morgan fingerprint density at radius 1 is 1.13 bits per heavy atom. The molecule has 9 heteroatoms. The van der Waals surface area contributed by atoms with Crippen molar-refractivity contribution >= 4 is 21.6 Å². The van der Waals surface area contributed by atoms with Gasteiger partial charge in [-0.15, -0.1) is 0 Å². The number of anilines is 1. The highest BCUT2D eigenvalue weighted by Gasteiger charge is 2.27. The number of H-pyrrole nitrogens is 1. The first-order valence-electron chi connectivity index (χ1n) is 10.0. The van der Waals surface area contributed by atoms with Crippen LogP contribution in [0.3, 0.4) is 0 Å². The van der Waals surface area contributed by atoms with Crippen LogP contribution >= 0.6 is 0 Å². The van der Waals surface area contributed by atoms with Gasteiger partial charge in [0, 0.05) is 36.8 Å². The van der Waals surface area contributed by atoms with Gasteiger partial charge >= 0.3 is 0 Å². The molecule has 162 valence electrons. The van der Waals surface area contributed by atoms with Crippen LogP contribution < -0.4 is 5.32 Å². The van der Waals surface area contributed by atoms with Crippen LogP contribution in [0.15, 0.2) is 41.3 Å². The van der Waals surface area contributed by atoms with E-state index in [0.29, 0.717) is 23.0 Å². The number of aryl methyl sites for hydroxylation is 1. The van der Waals surface area contributed by atoms with E-state index in [0.717, 1.165) is 34.1 Å². The van der Waals surface area contributed by atoms with E-state index in [-0.39, 0.29) is 16.4 Å². The summed E-state index contributed by atoms with van der Waals surface area (Å²) in [6.45, 7) is 3.53. The fourth-order valence-electron chi connectivity index (χ4n) is 3.27. The van der Waals surface area contributed by atoms with Crippen molar-refractivity contribution in [2.45, 2.75) is 37.5 Å². The first-order chi connectivity index (χ1) is 14.7. The molecule has 8 nitrogen and oxygen atoms in total. The van der Waals surface area contributed by atoms with E-state index >= 15 is 0 Å². The maximum absolute atomic E-state index is 12.8. The molecule has 0 saturated heterocycles. The van der Waals surface area contributed by atoms with Gasteiger partial charge in [0.15, 0.2) is 5.82 Å². The highest BCUT2D eigenvalue weighted by Crippen LogP contribution is 2.38. The lowest BCUT2D eigenvalue weighted by molar-refractivity contribution is 0.102. The molecule has 1 aliphatic rings. The fraction of sp³-hybridized carbons (Fsp3) is 0.318. The molecule has 1 saturated carbocycles. The average Bonchev–Trinajstić information content (AvgIpc) is 3.47. The van der Waals surface area contributed by atoms with Gasteiger partial charge in [0.05, 0.1) is 4.90 Å². The van der Waals surface area contributed by atoms with Crippen LogP contribution in [0, 0.1) is 13.8 Å². The maximum Gasteiger partial charge on any atom is 0.255 e. The van der Waals surface area contributed by atoms with Crippen LogP contribution in [0.4, 0.5) is 5.69 Å². The van der Waals surface area contributed by atoms with Crippen LogP contribution in [-0.2, 0) is 10.0 Å². The second-order valence-electron chi connectivity index (χ2n) is 8.05. The zero-order valence-electron chi connectivity index (χ0n) is 17.9. The Morgan fingerprint density at radius 3 is 2.42 bits per heavy atom. The minimum Gasteiger partial charge on any atom is -0.322 e. The summed E-state index contributed by atoms with van der Waals surface area (Å²) in [4.78, 5) is 17.5. The van der Waals surface area contributed by atoms with Crippen LogP contribution in [0.25, 0.3) is 11.4 Å². The number of nitrogens with zero attached hydrogens (tertiary/aromatic N) is 3. The molecule has 0 spiro atoms. The van der Waals surface area contributed by atoms with Gasteiger partial charge in [0.25, 0.3) is 5.91 Å². The number of carbonyl (C=O) groups excluding carboxylic acids is 1. The van der Waals surface area contributed by atoms with Gasteiger partial charge in [0.1, 0.15) is 5.82 Å². The van der Waals surface area contributed by atoms with E-state index in [4.69, 9.17) is 0 Å². The van der Waals surface area contributed by atoms with Gasteiger partial charge in [-0.1, -0.05) is 0 Å². The molecule has 31 heavy (non-hydrogen) atoms. The molecule has 0 radical (unpaired) electrons.